The number of benzene rings is 22. The smallest absolute Gasteiger partial charge is 0.0725 e. The number of hydrogen-bond acceptors (Lipinski definition) is 3. The zero-order valence-electron chi connectivity index (χ0n) is 81.1. The van der Waals surface area contributed by atoms with E-state index >= 15 is 0 Å². The van der Waals surface area contributed by atoms with Gasteiger partial charge in [-0.05, 0) is 285 Å². The fourth-order valence-electron chi connectivity index (χ4n) is 25.7. The summed E-state index contributed by atoms with van der Waals surface area (Å²) in [7, 11) is 0. The molecular weight excluding hydrogens is 1820 g/mol. The number of pyridine rings is 3. The van der Waals surface area contributed by atoms with Gasteiger partial charge in [0.25, 0.3) is 0 Å². The molecule has 9 aromatic heterocycles. The van der Waals surface area contributed by atoms with Gasteiger partial charge >= 0.3 is 0 Å². The first-order chi connectivity index (χ1) is 74.5. The zero-order valence-corrected chi connectivity index (χ0v) is 81.1. The average molecular weight is 1910 g/mol. The van der Waals surface area contributed by atoms with Crippen LogP contribution in [0.5, 0.6) is 0 Å². The van der Waals surface area contributed by atoms with Crippen LogP contribution in [-0.4, -0.2) is 42.4 Å². The molecule has 3 aliphatic carbocycles. The summed E-state index contributed by atoms with van der Waals surface area (Å²) in [6, 6.07) is 177. The molecule has 9 heterocycles. The number of aromatic nitrogens is 9. The van der Waals surface area contributed by atoms with Crippen molar-refractivity contribution in [3.05, 3.63) is 516 Å². The lowest BCUT2D eigenvalue weighted by molar-refractivity contribution is 1.17. The summed E-state index contributed by atoms with van der Waals surface area (Å²) in [5.41, 5.74) is 46.4. The van der Waals surface area contributed by atoms with E-state index in [1.807, 2.05) is 24.8 Å². The van der Waals surface area contributed by atoms with Gasteiger partial charge in [-0.2, -0.15) is 0 Å². The zero-order chi connectivity index (χ0) is 98.0. The highest BCUT2D eigenvalue weighted by molar-refractivity contribution is 6.24. The first-order valence-corrected chi connectivity index (χ1v) is 51.5. The maximum atomic E-state index is 5.14. The van der Waals surface area contributed by atoms with Gasteiger partial charge in [-0.25, -0.2) is 0 Å². The molecule has 22 aromatic carbocycles. The molecule has 9 nitrogen and oxygen atoms in total. The van der Waals surface area contributed by atoms with Gasteiger partial charge < -0.3 is 27.4 Å². The number of rotatable bonds is 10. The molecule has 31 aromatic rings. The van der Waals surface area contributed by atoms with Crippen LogP contribution in [0.25, 0.3) is 309 Å². The summed E-state index contributed by atoms with van der Waals surface area (Å²) in [5, 5.41) is 22.5. The van der Waals surface area contributed by atoms with Crippen molar-refractivity contribution in [1.29, 1.82) is 0 Å². The Morgan fingerprint density at radius 1 is 0.133 bits per heavy atom. The Hall–Kier alpha value is -20.1. The second-order valence-electron chi connectivity index (χ2n) is 39.9. The second kappa shape index (κ2) is 32.7. The highest BCUT2D eigenvalue weighted by Crippen LogP contribution is 2.55. The van der Waals surface area contributed by atoms with Crippen molar-refractivity contribution in [3.8, 4) is 146 Å². The molecule has 0 N–H and O–H groups in total. The molecule has 34 rings (SSSR count). The van der Waals surface area contributed by atoms with Gasteiger partial charge in [-0.15, -0.1) is 0 Å². The van der Waals surface area contributed by atoms with Crippen LogP contribution >= 0.6 is 0 Å². The summed E-state index contributed by atoms with van der Waals surface area (Å²) in [5.74, 6) is 0. The van der Waals surface area contributed by atoms with Gasteiger partial charge in [0, 0.05) is 129 Å². The van der Waals surface area contributed by atoms with Crippen molar-refractivity contribution in [3.63, 3.8) is 0 Å². The van der Waals surface area contributed by atoms with E-state index in [4.69, 9.17) is 4.98 Å². The molecule has 0 spiro atoms. The van der Waals surface area contributed by atoms with E-state index in [-0.39, 0.29) is 0 Å². The molecule has 0 radical (unpaired) electrons. The summed E-state index contributed by atoms with van der Waals surface area (Å²) >= 11 is 0. The SMILES string of the molecule is c1ccc(-n2c3ccccc3c3cc(-c4cc5c6ccccc6n(-c6ccc7c8c(cccc68)-c6ccccc6-7)c5cn4)ccc32)cc1.c1ccc(-n2c3ccccc3c3cc(-c4ccc5c(c4)c4cnccc4n5-c4ccc(-c5ccc6c7c(cccc57)-c5ccccc5-6)cc4)ccc32)cc1.c1ccc(-n2c3ccncc3c3cc(-c4ccc5c(c4)c4ccccc4n5-c4ccc5c6c(cccc46)-c4ccccc4-5)ccc32)cc1. The molecule has 694 valence electrons. The lowest BCUT2D eigenvalue weighted by Crippen LogP contribution is -1.96. The van der Waals surface area contributed by atoms with Gasteiger partial charge in [0.2, 0.25) is 0 Å². The van der Waals surface area contributed by atoms with Crippen LogP contribution in [0.1, 0.15) is 0 Å². The van der Waals surface area contributed by atoms with Crippen molar-refractivity contribution < 1.29 is 0 Å². The van der Waals surface area contributed by atoms with Crippen molar-refractivity contribution in [2.24, 2.45) is 0 Å². The normalized spacial score (nSPS) is 12.1. The molecule has 9 heteroatoms. The Morgan fingerprint density at radius 3 is 0.793 bits per heavy atom. The minimum atomic E-state index is 0.972. The van der Waals surface area contributed by atoms with E-state index in [9.17, 15) is 0 Å². The van der Waals surface area contributed by atoms with Gasteiger partial charge in [0.15, 0.2) is 0 Å². The number of nitrogens with zero attached hydrogens (tertiary/aromatic N) is 9. The molecule has 3 aliphatic rings. The van der Waals surface area contributed by atoms with Crippen LogP contribution in [0.2, 0.25) is 0 Å². The van der Waals surface area contributed by atoms with Gasteiger partial charge in [0.05, 0.1) is 89.5 Å². The molecule has 0 saturated carbocycles. The van der Waals surface area contributed by atoms with E-state index in [1.54, 1.807) is 0 Å². The highest BCUT2D eigenvalue weighted by atomic mass is 15.0. The van der Waals surface area contributed by atoms with Crippen LogP contribution in [0.15, 0.2) is 516 Å². The van der Waals surface area contributed by atoms with Crippen LogP contribution in [0, 0.1) is 0 Å². The lowest BCUT2D eigenvalue weighted by atomic mass is 9.94. The molecule has 0 unspecified atom stereocenters. The summed E-state index contributed by atoms with van der Waals surface area (Å²) < 4.78 is 14.3. The fraction of sp³-hybridized carbons (Fsp3) is 0. The third-order valence-corrected chi connectivity index (χ3v) is 32.2. The van der Waals surface area contributed by atoms with Crippen LogP contribution < -0.4 is 0 Å². The molecule has 0 atom stereocenters. The van der Waals surface area contributed by atoms with E-state index in [0.29, 0.717) is 0 Å². The molecule has 0 fully saturated rings. The fourth-order valence-corrected chi connectivity index (χ4v) is 25.7. The van der Waals surface area contributed by atoms with Crippen LogP contribution in [0.3, 0.4) is 0 Å². The van der Waals surface area contributed by atoms with E-state index < -0.39 is 0 Å². The Morgan fingerprint density at radius 2 is 0.393 bits per heavy atom. The minimum Gasteiger partial charge on any atom is -0.309 e. The number of hydrogen-bond donors (Lipinski definition) is 0. The Balaban J connectivity index is 0.0000000995. The third-order valence-electron chi connectivity index (χ3n) is 32.2. The number of fused-ring (bicyclic) bond motifs is 27. The predicted octanol–water partition coefficient (Wildman–Crippen LogP) is 36.9. The maximum Gasteiger partial charge on any atom is 0.0725 e. The Bertz CT molecular complexity index is 10700. The minimum absolute atomic E-state index is 0.972. The van der Waals surface area contributed by atoms with E-state index in [2.05, 4.69) is 529 Å². The number of para-hydroxylation sites is 7. The lowest BCUT2D eigenvalue weighted by Gasteiger charge is -2.13. The third kappa shape index (κ3) is 12.4. The molecule has 0 bridgehead atoms. The van der Waals surface area contributed by atoms with Crippen molar-refractivity contribution in [1.82, 2.24) is 42.4 Å². The quantitative estimate of drug-likeness (QED) is 0.137. The molecule has 0 amide bonds. The monoisotopic (exact) mass is 1900 g/mol. The largest absolute Gasteiger partial charge is 0.309 e. The summed E-state index contributed by atoms with van der Waals surface area (Å²) in [6.45, 7) is 0. The molecular formula is C141H85N9. The Kier molecular flexibility index (Phi) is 18.2. The predicted molar refractivity (Wildman–Crippen MR) is 626 cm³/mol. The average Bonchev–Trinajstić information content (AvgIpc) is 1.53. The molecule has 0 aliphatic heterocycles. The van der Waals surface area contributed by atoms with Crippen LogP contribution in [0.4, 0.5) is 0 Å². The van der Waals surface area contributed by atoms with Gasteiger partial charge in [-0.3, -0.25) is 15.0 Å². The second-order valence-corrected chi connectivity index (χ2v) is 39.9. The van der Waals surface area contributed by atoms with Crippen molar-refractivity contribution >= 4 is 163 Å². The van der Waals surface area contributed by atoms with Crippen molar-refractivity contribution in [2.45, 2.75) is 0 Å². The van der Waals surface area contributed by atoms with Crippen LogP contribution in [-0.2, 0) is 0 Å². The highest BCUT2D eigenvalue weighted by Gasteiger charge is 2.30. The van der Waals surface area contributed by atoms with Crippen molar-refractivity contribution in [2.75, 3.05) is 0 Å². The standard InChI is InChI=1S/C51H31N3.2C45H27N3/c1-2-9-35(10-3-1)53-47-16-7-6-13-40(47)44-29-33(19-25-48(44)53)34-20-26-49-45(30-34)46-31-52-28-27-50(46)54(49)36-21-17-32(18-22-36)37-23-24-43-39-12-5-4-11-38(39)42-15-8-14-41(37)51(42)43;1-2-11-29(12-3-1)47-40-19-8-6-15-32(40)37-25-28(21-23-43(37)47)39-26-38-33-16-7-9-20-41(33)48(44(38)27-46-39)42-24-22-35-31-14-5-4-13-30(31)34-17-10-18-36(42)45(34)35;1-2-9-30(10-3-1)47-42-20-17-29(26-38(42)39-27-46-24-23-44(39)47)28-18-21-43-37(25-28)33-13-6-7-16-40(33)48(43)41-22-19-35-32-12-5-4-11-31(32)34-14-8-15-36(41)45(34)35/h1-31H;2*1-27H. The van der Waals surface area contributed by atoms with E-state index in [1.165, 1.54) is 253 Å². The maximum absolute atomic E-state index is 5.14. The first-order valence-electron chi connectivity index (χ1n) is 51.5. The summed E-state index contributed by atoms with van der Waals surface area (Å²) in [4.78, 5) is 14.2. The van der Waals surface area contributed by atoms with E-state index in [0.717, 1.165) is 55.6 Å². The first kappa shape index (κ1) is 83.3. The summed E-state index contributed by atoms with van der Waals surface area (Å²) in [6.07, 6.45) is 9.85. The molecule has 0 saturated heterocycles. The molecule has 150 heavy (non-hydrogen) atoms. The topological polar surface area (TPSA) is 68.2 Å². The van der Waals surface area contributed by atoms with Gasteiger partial charge in [-0.1, -0.05) is 322 Å². The van der Waals surface area contributed by atoms with Gasteiger partial charge in [0.1, 0.15) is 0 Å². The Labute approximate surface area is 861 Å².